The summed E-state index contributed by atoms with van der Waals surface area (Å²) in [5, 5.41) is 3.15. The molecular formula is C18H27N3O3. The van der Waals surface area contributed by atoms with E-state index in [1.54, 1.807) is 11.6 Å². The topological polar surface area (TPSA) is 63.6 Å². The Hall–Kier alpha value is -1.98. The normalized spacial score (nSPS) is 21.8. The summed E-state index contributed by atoms with van der Waals surface area (Å²) >= 11 is 0. The number of carbonyl (C=O) groups excluding carboxylic acids is 1. The second-order valence-corrected chi connectivity index (χ2v) is 6.99. The number of nitrogens with one attached hydrogen (secondary N) is 1. The van der Waals surface area contributed by atoms with E-state index in [4.69, 9.17) is 4.74 Å². The van der Waals surface area contributed by atoms with E-state index in [1.165, 1.54) is 25.3 Å². The number of carbonyl (C=O) groups is 1. The van der Waals surface area contributed by atoms with Crippen LogP contribution in [-0.2, 0) is 7.05 Å². The van der Waals surface area contributed by atoms with Crippen molar-refractivity contribution in [2.24, 2.45) is 7.05 Å². The van der Waals surface area contributed by atoms with Crippen LogP contribution in [0, 0.1) is 6.92 Å². The molecular weight excluding hydrogens is 306 g/mol. The average Bonchev–Trinajstić information content (AvgIpc) is 3.02. The van der Waals surface area contributed by atoms with Gasteiger partial charge in [-0.3, -0.25) is 4.79 Å². The van der Waals surface area contributed by atoms with Crippen molar-refractivity contribution in [3.05, 3.63) is 28.2 Å². The molecule has 2 amide bonds. The first-order valence-electron chi connectivity index (χ1n) is 8.92. The molecule has 6 heteroatoms. The molecule has 6 nitrogen and oxygen atoms in total. The minimum atomic E-state index is -0.0742. The van der Waals surface area contributed by atoms with Crippen LogP contribution >= 0.6 is 0 Å². The van der Waals surface area contributed by atoms with Gasteiger partial charge in [0.1, 0.15) is 11.9 Å². The summed E-state index contributed by atoms with van der Waals surface area (Å²) in [6.45, 7) is 3.16. The molecule has 1 saturated carbocycles. The Morgan fingerprint density at radius 2 is 1.96 bits per heavy atom. The average molecular weight is 333 g/mol. The number of aryl methyl sites for hydroxylation is 1. The predicted octanol–water partition coefficient (Wildman–Crippen LogP) is 2.19. The van der Waals surface area contributed by atoms with Crippen molar-refractivity contribution in [2.45, 2.75) is 57.6 Å². The number of hydrogen-bond donors (Lipinski definition) is 1. The SMILES string of the molecule is Cc1cc(OC2CCN(C(=O)NC3CCCCC3)C2)cc(=O)n1C. The molecule has 24 heavy (non-hydrogen) atoms. The summed E-state index contributed by atoms with van der Waals surface area (Å²) in [5.41, 5.74) is 0.789. The zero-order chi connectivity index (χ0) is 17.1. The first kappa shape index (κ1) is 16.9. The summed E-state index contributed by atoms with van der Waals surface area (Å²) in [7, 11) is 1.74. The van der Waals surface area contributed by atoms with E-state index >= 15 is 0 Å². The molecule has 1 aromatic rings. The van der Waals surface area contributed by atoms with Crippen LogP contribution in [0.2, 0.25) is 0 Å². The molecule has 2 heterocycles. The molecule has 1 aliphatic heterocycles. The Kier molecular flexibility index (Phi) is 5.11. The lowest BCUT2D eigenvalue weighted by atomic mass is 9.96. The highest BCUT2D eigenvalue weighted by Gasteiger charge is 2.29. The molecule has 1 atom stereocenters. The van der Waals surface area contributed by atoms with Gasteiger partial charge in [-0.05, 0) is 25.8 Å². The van der Waals surface area contributed by atoms with Crippen LogP contribution in [-0.4, -0.2) is 40.7 Å². The molecule has 1 aromatic heterocycles. The number of aromatic nitrogens is 1. The van der Waals surface area contributed by atoms with E-state index in [0.717, 1.165) is 25.0 Å². The summed E-state index contributed by atoms with van der Waals surface area (Å²) < 4.78 is 7.52. The number of urea groups is 1. The third-order valence-corrected chi connectivity index (χ3v) is 5.14. The summed E-state index contributed by atoms with van der Waals surface area (Å²) in [6.07, 6.45) is 6.62. The van der Waals surface area contributed by atoms with Crippen molar-refractivity contribution in [3.63, 3.8) is 0 Å². The van der Waals surface area contributed by atoms with Crippen LogP contribution in [0.5, 0.6) is 5.75 Å². The van der Waals surface area contributed by atoms with Gasteiger partial charge in [0.2, 0.25) is 0 Å². The van der Waals surface area contributed by atoms with Gasteiger partial charge < -0.3 is 19.5 Å². The minimum absolute atomic E-state index is 0.0214. The Bertz CT molecular complexity index is 649. The Labute approximate surface area is 142 Å². The van der Waals surface area contributed by atoms with Gasteiger partial charge in [-0.1, -0.05) is 19.3 Å². The fraction of sp³-hybridized carbons (Fsp3) is 0.667. The van der Waals surface area contributed by atoms with E-state index in [1.807, 2.05) is 17.9 Å². The molecule has 1 N–H and O–H groups in total. The fourth-order valence-corrected chi connectivity index (χ4v) is 3.52. The molecule has 1 aliphatic carbocycles. The van der Waals surface area contributed by atoms with Crippen LogP contribution in [0.25, 0.3) is 0 Å². The van der Waals surface area contributed by atoms with Gasteiger partial charge in [-0.25, -0.2) is 4.79 Å². The second-order valence-electron chi connectivity index (χ2n) is 6.99. The molecule has 0 bridgehead atoms. The molecule has 1 unspecified atom stereocenters. The maximum Gasteiger partial charge on any atom is 0.317 e. The Balaban J connectivity index is 1.53. The quantitative estimate of drug-likeness (QED) is 0.922. The first-order chi connectivity index (χ1) is 11.5. The van der Waals surface area contributed by atoms with E-state index in [0.29, 0.717) is 24.9 Å². The molecule has 2 aliphatic rings. The summed E-state index contributed by atoms with van der Waals surface area (Å²) in [4.78, 5) is 26.0. The number of hydrogen-bond acceptors (Lipinski definition) is 3. The van der Waals surface area contributed by atoms with Crippen molar-refractivity contribution in [1.82, 2.24) is 14.8 Å². The van der Waals surface area contributed by atoms with Crippen molar-refractivity contribution < 1.29 is 9.53 Å². The molecule has 0 radical (unpaired) electrons. The lowest BCUT2D eigenvalue weighted by Gasteiger charge is -2.26. The zero-order valence-corrected chi connectivity index (χ0v) is 14.6. The monoisotopic (exact) mass is 333 g/mol. The van der Waals surface area contributed by atoms with Crippen LogP contribution in [0.15, 0.2) is 16.9 Å². The van der Waals surface area contributed by atoms with Crippen molar-refractivity contribution in [1.29, 1.82) is 0 Å². The predicted molar refractivity (Wildman–Crippen MR) is 92.4 cm³/mol. The number of likely N-dealkylation sites (tertiary alicyclic amines) is 1. The number of amides is 2. The van der Waals surface area contributed by atoms with Crippen molar-refractivity contribution in [2.75, 3.05) is 13.1 Å². The highest BCUT2D eigenvalue weighted by molar-refractivity contribution is 5.74. The largest absolute Gasteiger partial charge is 0.488 e. The highest BCUT2D eigenvalue weighted by Crippen LogP contribution is 2.20. The minimum Gasteiger partial charge on any atom is -0.488 e. The van der Waals surface area contributed by atoms with Crippen molar-refractivity contribution in [3.8, 4) is 5.75 Å². The highest BCUT2D eigenvalue weighted by atomic mass is 16.5. The van der Waals surface area contributed by atoms with Gasteiger partial charge in [0.05, 0.1) is 6.54 Å². The van der Waals surface area contributed by atoms with E-state index in [9.17, 15) is 9.59 Å². The second kappa shape index (κ2) is 7.28. The molecule has 2 fully saturated rings. The summed E-state index contributed by atoms with van der Waals surface area (Å²) in [5.74, 6) is 0.593. The number of pyridine rings is 1. The van der Waals surface area contributed by atoms with Gasteiger partial charge >= 0.3 is 6.03 Å². The molecule has 132 valence electrons. The molecule has 0 aromatic carbocycles. The number of rotatable bonds is 3. The van der Waals surface area contributed by atoms with E-state index < -0.39 is 0 Å². The maximum absolute atomic E-state index is 12.4. The van der Waals surface area contributed by atoms with Crippen LogP contribution in [0.3, 0.4) is 0 Å². The van der Waals surface area contributed by atoms with Crippen molar-refractivity contribution >= 4 is 6.03 Å². The van der Waals surface area contributed by atoms with Gasteiger partial charge in [0, 0.05) is 37.8 Å². The molecule has 1 saturated heterocycles. The lowest BCUT2D eigenvalue weighted by molar-refractivity contribution is 0.181. The third kappa shape index (κ3) is 3.91. The van der Waals surface area contributed by atoms with Gasteiger partial charge in [-0.15, -0.1) is 0 Å². The Morgan fingerprint density at radius 3 is 2.67 bits per heavy atom. The first-order valence-corrected chi connectivity index (χ1v) is 8.92. The summed E-state index contributed by atoms with van der Waals surface area (Å²) in [6, 6.07) is 3.73. The van der Waals surface area contributed by atoms with Gasteiger partial charge in [0.25, 0.3) is 5.56 Å². The standard InChI is InChI=1S/C18H27N3O3/c1-13-10-16(11-17(22)20(13)2)24-15-8-9-21(12-15)18(23)19-14-6-4-3-5-7-14/h10-11,14-15H,3-9,12H2,1-2H3,(H,19,23). The molecule has 3 rings (SSSR count). The van der Waals surface area contributed by atoms with Gasteiger partial charge in [0.15, 0.2) is 0 Å². The van der Waals surface area contributed by atoms with Crippen LogP contribution in [0.1, 0.15) is 44.2 Å². The number of ether oxygens (including phenoxy) is 1. The van der Waals surface area contributed by atoms with Gasteiger partial charge in [-0.2, -0.15) is 0 Å². The third-order valence-electron chi connectivity index (χ3n) is 5.14. The fourth-order valence-electron chi connectivity index (χ4n) is 3.52. The van der Waals surface area contributed by atoms with E-state index in [2.05, 4.69) is 5.32 Å². The number of nitrogens with zero attached hydrogens (tertiary/aromatic N) is 2. The van der Waals surface area contributed by atoms with Crippen LogP contribution < -0.4 is 15.6 Å². The molecule has 0 spiro atoms. The smallest absolute Gasteiger partial charge is 0.317 e. The lowest BCUT2D eigenvalue weighted by Crippen LogP contribution is -2.45. The van der Waals surface area contributed by atoms with E-state index in [-0.39, 0.29) is 17.7 Å². The maximum atomic E-state index is 12.4. The Morgan fingerprint density at radius 1 is 1.21 bits per heavy atom. The zero-order valence-electron chi connectivity index (χ0n) is 14.6. The van der Waals surface area contributed by atoms with Crippen LogP contribution in [0.4, 0.5) is 4.79 Å².